The molecule has 0 radical (unpaired) electrons. The van der Waals surface area contributed by atoms with Crippen LogP contribution in [-0.2, 0) is 9.53 Å². The lowest BCUT2D eigenvalue weighted by Crippen LogP contribution is -2.38. The van der Waals surface area contributed by atoms with Crippen LogP contribution >= 0.6 is 0 Å². The molecule has 0 bridgehead atoms. The van der Waals surface area contributed by atoms with Crippen LogP contribution in [0.1, 0.15) is 34.5 Å². The predicted octanol–water partition coefficient (Wildman–Crippen LogP) is 4.05. The highest BCUT2D eigenvalue weighted by molar-refractivity contribution is 5.92. The number of carbonyl (C=O) groups is 2. The second-order valence-electron chi connectivity index (χ2n) is 6.61. The van der Waals surface area contributed by atoms with E-state index in [0.29, 0.717) is 0 Å². The van der Waals surface area contributed by atoms with Gasteiger partial charge in [0.2, 0.25) is 0 Å². The number of nitrogens with one attached hydrogen (secondary N) is 1. The Hall–Kier alpha value is -4.00. The maximum atomic E-state index is 12.7. The van der Waals surface area contributed by atoms with Crippen LogP contribution in [0.5, 0.6) is 0 Å². The Labute approximate surface area is 173 Å². The van der Waals surface area contributed by atoms with Crippen molar-refractivity contribution in [3.8, 4) is 0 Å². The van der Waals surface area contributed by atoms with Crippen LogP contribution in [0, 0.1) is 10.1 Å². The number of esters is 1. The van der Waals surface area contributed by atoms with Crippen LogP contribution < -0.4 is 5.32 Å². The van der Waals surface area contributed by atoms with E-state index in [4.69, 9.17) is 4.74 Å². The van der Waals surface area contributed by atoms with E-state index < -0.39 is 28.9 Å². The summed E-state index contributed by atoms with van der Waals surface area (Å²) in [7, 11) is 0. The molecule has 3 rings (SSSR count). The monoisotopic (exact) mass is 404 g/mol. The van der Waals surface area contributed by atoms with Gasteiger partial charge in [-0.25, -0.2) is 4.79 Å². The molecule has 0 aliphatic heterocycles. The molecular weight excluding hydrogens is 384 g/mol. The van der Waals surface area contributed by atoms with Gasteiger partial charge in [-0.15, -0.1) is 0 Å². The van der Waals surface area contributed by atoms with Crippen LogP contribution in [-0.4, -0.2) is 22.9 Å². The first-order valence-electron chi connectivity index (χ1n) is 9.31. The van der Waals surface area contributed by atoms with Gasteiger partial charge in [0.25, 0.3) is 11.6 Å². The number of benzene rings is 3. The van der Waals surface area contributed by atoms with Crippen molar-refractivity contribution in [2.45, 2.75) is 19.1 Å². The molecule has 0 aliphatic carbocycles. The second kappa shape index (κ2) is 9.47. The lowest BCUT2D eigenvalue weighted by molar-refractivity contribution is -0.384. The minimum atomic E-state index is -1.05. The van der Waals surface area contributed by atoms with Crippen LogP contribution in [0.25, 0.3) is 0 Å². The number of hydrogen-bond donors (Lipinski definition) is 1. The number of amides is 1. The van der Waals surface area contributed by atoms with E-state index >= 15 is 0 Å². The largest absolute Gasteiger partial charge is 0.449 e. The van der Waals surface area contributed by atoms with Gasteiger partial charge in [-0.3, -0.25) is 14.9 Å². The van der Waals surface area contributed by atoms with E-state index in [1.54, 1.807) is 0 Å². The molecule has 0 aromatic heterocycles. The van der Waals surface area contributed by atoms with Crippen LogP contribution in [0.4, 0.5) is 5.69 Å². The zero-order valence-corrected chi connectivity index (χ0v) is 16.2. The Balaban J connectivity index is 1.71. The zero-order valence-electron chi connectivity index (χ0n) is 16.2. The fraction of sp³-hybridized carbons (Fsp3) is 0.130. The molecule has 1 N–H and O–H groups in total. The third kappa shape index (κ3) is 5.08. The average molecular weight is 404 g/mol. The lowest BCUT2D eigenvalue weighted by atomic mass is 9.98. The molecule has 152 valence electrons. The highest BCUT2D eigenvalue weighted by atomic mass is 16.6. The van der Waals surface area contributed by atoms with Gasteiger partial charge in [-0.05, 0) is 30.2 Å². The Kier molecular flexibility index (Phi) is 6.54. The Bertz CT molecular complexity index is 981. The molecule has 0 saturated heterocycles. The molecule has 0 heterocycles. The highest BCUT2D eigenvalue weighted by Crippen LogP contribution is 2.22. The normalized spacial score (nSPS) is 11.5. The molecule has 1 atom stereocenters. The van der Waals surface area contributed by atoms with Gasteiger partial charge in [-0.1, -0.05) is 60.7 Å². The second-order valence-corrected chi connectivity index (χ2v) is 6.61. The summed E-state index contributed by atoms with van der Waals surface area (Å²) in [5.74, 6) is -1.19. The minimum absolute atomic E-state index is 0.128. The van der Waals surface area contributed by atoms with Crippen molar-refractivity contribution >= 4 is 17.6 Å². The first-order chi connectivity index (χ1) is 14.5. The summed E-state index contributed by atoms with van der Waals surface area (Å²) < 4.78 is 5.25. The van der Waals surface area contributed by atoms with E-state index in [0.717, 1.165) is 11.1 Å². The number of non-ortho nitro benzene ring substituents is 1. The summed E-state index contributed by atoms with van der Waals surface area (Å²) in [6.45, 7) is 1.48. The fourth-order valence-corrected chi connectivity index (χ4v) is 2.91. The van der Waals surface area contributed by atoms with Gasteiger partial charge in [0.15, 0.2) is 6.10 Å². The molecule has 0 fully saturated rings. The van der Waals surface area contributed by atoms with Crippen molar-refractivity contribution in [1.29, 1.82) is 0 Å². The molecule has 0 aliphatic rings. The van der Waals surface area contributed by atoms with E-state index in [2.05, 4.69) is 5.32 Å². The summed E-state index contributed by atoms with van der Waals surface area (Å²) in [6.07, 6.45) is -1.05. The summed E-state index contributed by atoms with van der Waals surface area (Å²) in [5.41, 5.74) is 1.78. The average Bonchev–Trinajstić information content (AvgIpc) is 2.78. The molecule has 3 aromatic rings. The molecule has 1 amide bonds. The number of nitro benzene ring substituents is 1. The summed E-state index contributed by atoms with van der Waals surface area (Å²) in [5, 5.41) is 13.6. The molecule has 7 nitrogen and oxygen atoms in total. The summed E-state index contributed by atoms with van der Waals surface area (Å²) in [6, 6.07) is 23.6. The number of carbonyl (C=O) groups excluding carboxylic acids is 2. The molecular formula is C23H20N2O5. The number of hydrogen-bond acceptors (Lipinski definition) is 5. The molecule has 30 heavy (non-hydrogen) atoms. The highest BCUT2D eigenvalue weighted by Gasteiger charge is 2.23. The zero-order chi connectivity index (χ0) is 21.5. The number of ether oxygens (including phenoxy) is 1. The van der Waals surface area contributed by atoms with Crippen molar-refractivity contribution < 1.29 is 19.2 Å². The van der Waals surface area contributed by atoms with E-state index in [1.165, 1.54) is 31.2 Å². The Morgan fingerprint density at radius 2 is 1.37 bits per heavy atom. The van der Waals surface area contributed by atoms with Crippen LogP contribution in [0.2, 0.25) is 0 Å². The van der Waals surface area contributed by atoms with Crippen molar-refractivity contribution in [3.05, 3.63) is 112 Å². The van der Waals surface area contributed by atoms with Crippen molar-refractivity contribution in [1.82, 2.24) is 5.32 Å². The summed E-state index contributed by atoms with van der Waals surface area (Å²) in [4.78, 5) is 35.2. The van der Waals surface area contributed by atoms with E-state index in [-0.39, 0.29) is 11.3 Å². The number of rotatable bonds is 7. The molecule has 7 heteroatoms. The SMILES string of the molecule is C[C@H](OC(=O)c1ccc([N+](=O)[O-])cc1)C(=O)NC(c1ccccc1)c1ccccc1. The molecule has 3 aromatic carbocycles. The minimum Gasteiger partial charge on any atom is -0.449 e. The van der Waals surface area contributed by atoms with Crippen molar-refractivity contribution in [2.24, 2.45) is 0 Å². The molecule has 0 saturated carbocycles. The maximum Gasteiger partial charge on any atom is 0.338 e. The van der Waals surface area contributed by atoms with Gasteiger partial charge in [0, 0.05) is 12.1 Å². The van der Waals surface area contributed by atoms with E-state index in [1.807, 2.05) is 60.7 Å². The summed E-state index contributed by atoms with van der Waals surface area (Å²) >= 11 is 0. The first-order valence-corrected chi connectivity index (χ1v) is 9.31. The standard InChI is InChI=1S/C23H20N2O5/c1-16(30-23(27)19-12-14-20(15-13-19)25(28)29)22(26)24-21(17-8-4-2-5-9-17)18-10-6-3-7-11-18/h2-16,21H,1H3,(H,24,26)/t16-/m0/s1. The lowest BCUT2D eigenvalue weighted by Gasteiger charge is -2.22. The third-order valence-corrected chi connectivity index (χ3v) is 4.52. The van der Waals surface area contributed by atoms with Crippen LogP contribution in [0.15, 0.2) is 84.9 Å². The maximum absolute atomic E-state index is 12.7. The third-order valence-electron chi connectivity index (χ3n) is 4.52. The van der Waals surface area contributed by atoms with Crippen molar-refractivity contribution in [3.63, 3.8) is 0 Å². The van der Waals surface area contributed by atoms with Crippen LogP contribution in [0.3, 0.4) is 0 Å². The first kappa shape index (κ1) is 20.7. The molecule has 0 unspecified atom stereocenters. The quantitative estimate of drug-likeness (QED) is 0.364. The van der Waals surface area contributed by atoms with Gasteiger partial charge in [0.05, 0.1) is 16.5 Å². The number of nitrogens with zero attached hydrogens (tertiary/aromatic N) is 1. The van der Waals surface area contributed by atoms with Gasteiger partial charge >= 0.3 is 5.97 Å². The Morgan fingerprint density at radius 1 is 0.867 bits per heavy atom. The topological polar surface area (TPSA) is 98.5 Å². The van der Waals surface area contributed by atoms with Gasteiger partial charge in [-0.2, -0.15) is 0 Å². The van der Waals surface area contributed by atoms with Gasteiger partial charge < -0.3 is 10.1 Å². The fourth-order valence-electron chi connectivity index (χ4n) is 2.91. The van der Waals surface area contributed by atoms with Gasteiger partial charge in [0.1, 0.15) is 0 Å². The van der Waals surface area contributed by atoms with Crippen molar-refractivity contribution in [2.75, 3.05) is 0 Å². The molecule has 0 spiro atoms. The van der Waals surface area contributed by atoms with E-state index in [9.17, 15) is 19.7 Å². The smallest absolute Gasteiger partial charge is 0.338 e. The number of nitro groups is 1. The Morgan fingerprint density at radius 3 is 1.83 bits per heavy atom. The predicted molar refractivity (Wildman–Crippen MR) is 111 cm³/mol.